The summed E-state index contributed by atoms with van der Waals surface area (Å²) < 4.78 is 1.79. The van der Waals surface area contributed by atoms with Crippen molar-refractivity contribution >= 4 is 0 Å². The molecular weight excluding hydrogens is 190 g/mol. The van der Waals surface area contributed by atoms with E-state index in [0.717, 1.165) is 16.8 Å². The molecule has 1 N–H and O–H groups in total. The summed E-state index contributed by atoms with van der Waals surface area (Å²) >= 11 is 0. The molecule has 0 radical (unpaired) electrons. The van der Waals surface area contributed by atoms with E-state index in [4.69, 9.17) is 5.11 Å². The Morgan fingerprint density at radius 2 is 2.27 bits per heavy atom. The molecule has 2 rings (SSSR count). The molecule has 0 aliphatic heterocycles. The lowest BCUT2D eigenvalue weighted by molar-refractivity contribution is 0.299. The Morgan fingerprint density at radius 1 is 1.40 bits per heavy atom. The molecule has 0 fully saturated rings. The van der Waals surface area contributed by atoms with Gasteiger partial charge in [-0.05, 0) is 30.5 Å². The summed E-state index contributed by atoms with van der Waals surface area (Å²) in [5.74, 6) is 0. The maximum atomic E-state index is 8.80. The van der Waals surface area contributed by atoms with E-state index >= 15 is 0 Å². The predicted octanol–water partition coefficient (Wildman–Crippen LogP) is 1.11. The van der Waals surface area contributed by atoms with Crippen LogP contribution in [0.15, 0.2) is 30.9 Å². The number of nitrogens with zero attached hydrogens (tertiary/aromatic N) is 3. The van der Waals surface area contributed by atoms with Crippen molar-refractivity contribution < 1.29 is 5.11 Å². The first-order valence-electron chi connectivity index (χ1n) is 4.86. The lowest BCUT2D eigenvalue weighted by Crippen LogP contribution is -1.97. The van der Waals surface area contributed by atoms with Crippen LogP contribution < -0.4 is 0 Å². The highest BCUT2D eigenvalue weighted by Crippen LogP contribution is 2.11. The van der Waals surface area contributed by atoms with Crippen LogP contribution in [0.4, 0.5) is 0 Å². The van der Waals surface area contributed by atoms with Crippen LogP contribution in [0.2, 0.25) is 0 Å². The molecular formula is C11H13N3O. The summed E-state index contributed by atoms with van der Waals surface area (Å²) in [6.07, 6.45) is 7.87. The Kier molecular flexibility index (Phi) is 2.78. The largest absolute Gasteiger partial charge is 0.396 e. The lowest BCUT2D eigenvalue weighted by atomic mass is 10.2. The lowest BCUT2D eigenvalue weighted by Gasteiger charge is -2.03. The molecule has 0 aliphatic carbocycles. The minimum absolute atomic E-state index is 0.151. The van der Waals surface area contributed by atoms with Crippen molar-refractivity contribution in [2.45, 2.75) is 13.3 Å². The van der Waals surface area contributed by atoms with Gasteiger partial charge in [0.15, 0.2) is 0 Å². The maximum Gasteiger partial charge on any atom is 0.0857 e. The first-order chi connectivity index (χ1) is 7.31. The summed E-state index contributed by atoms with van der Waals surface area (Å²) in [5, 5.41) is 13.0. The van der Waals surface area contributed by atoms with Crippen molar-refractivity contribution in [1.29, 1.82) is 0 Å². The van der Waals surface area contributed by atoms with Crippen molar-refractivity contribution in [1.82, 2.24) is 14.8 Å². The Bertz CT molecular complexity index is 451. The number of aromatic nitrogens is 3. The van der Waals surface area contributed by atoms with Gasteiger partial charge in [0, 0.05) is 19.0 Å². The average Bonchev–Trinajstić information content (AvgIpc) is 2.68. The zero-order chi connectivity index (χ0) is 10.7. The fraction of sp³-hybridized carbons (Fsp3) is 0.273. The van der Waals surface area contributed by atoms with Crippen LogP contribution >= 0.6 is 0 Å². The SMILES string of the molecule is Cc1ccncc1-n1cc(CCO)cn1. The van der Waals surface area contributed by atoms with Crippen LogP contribution in [-0.4, -0.2) is 26.5 Å². The van der Waals surface area contributed by atoms with Crippen LogP contribution in [0.1, 0.15) is 11.1 Å². The second kappa shape index (κ2) is 4.23. The number of hydrogen-bond acceptors (Lipinski definition) is 3. The van der Waals surface area contributed by atoms with Gasteiger partial charge < -0.3 is 5.11 Å². The Morgan fingerprint density at radius 3 is 3.00 bits per heavy atom. The number of pyridine rings is 1. The molecule has 0 aromatic carbocycles. The van der Waals surface area contributed by atoms with E-state index in [2.05, 4.69) is 10.1 Å². The van der Waals surface area contributed by atoms with Gasteiger partial charge in [0.25, 0.3) is 0 Å². The van der Waals surface area contributed by atoms with Crippen molar-refractivity contribution in [3.63, 3.8) is 0 Å². The average molecular weight is 203 g/mol. The predicted molar refractivity (Wildman–Crippen MR) is 56.9 cm³/mol. The normalized spacial score (nSPS) is 10.5. The number of hydrogen-bond donors (Lipinski definition) is 1. The molecule has 0 bridgehead atoms. The van der Waals surface area contributed by atoms with E-state index in [9.17, 15) is 0 Å². The molecule has 2 heterocycles. The van der Waals surface area contributed by atoms with Crippen LogP contribution in [0, 0.1) is 6.92 Å². The number of aliphatic hydroxyl groups is 1. The smallest absolute Gasteiger partial charge is 0.0857 e. The standard InChI is InChI=1S/C11H13N3O/c1-9-2-4-12-7-11(9)14-8-10(3-5-15)6-13-14/h2,4,6-8,15H,3,5H2,1H3. The fourth-order valence-corrected chi connectivity index (χ4v) is 1.45. The van der Waals surface area contributed by atoms with Gasteiger partial charge in [0.2, 0.25) is 0 Å². The highest BCUT2D eigenvalue weighted by atomic mass is 16.2. The third-order valence-electron chi connectivity index (χ3n) is 2.29. The van der Waals surface area contributed by atoms with Gasteiger partial charge in [-0.1, -0.05) is 0 Å². The number of aliphatic hydroxyl groups excluding tert-OH is 1. The van der Waals surface area contributed by atoms with Crippen molar-refractivity contribution in [2.75, 3.05) is 6.61 Å². The van der Waals surface area contributed by atoms with Crippen molar-refractivity contribution in [2.24, 2.45) is 0 Å². The molecule has 0 unspecified atom stereocenters. The van der Waals surface area contributed by atoms with Crippen molar-refractivity contribution in [3.05, 3.63) is 42.0 Å². The second-order valence-electron chi connectivity index (χ2n) is 3.43. The molecule has 0 spiro atoms. The van der Waals surface area contributed by atoms with E-state index in [1.807, 2.05) is 19.2 Å². The van der Waals surface area contributed by atoms with E-state index in [1.54, 1.807) is 23.3 Å². The molecule has 0 atom stereocenters. The van der Waals surface area contributed by atoms with E-state index in [1.165, 1.54) is 0 Å². The summed E-state index contributed by atoms with van der Waals surface area (Å²) in [5.41, 5.74) is 3.13. The zero-order valence-corrected chi connectivity index (χ0v) is 8.59. The van der Waals surface area contributed by atoms with Gasteiger partial charge in [-0.15, -0.1) is 0 Å². The Hall–Kier alpha value is -1.68. The quantitative estimate of drug-likeness (QED) is 0.813. The second-order valence-corrected chi connectivity index (χ2v) is 3.43. The molecule has 0 aliphatic rings. The minimum atomic E-state index is 0.151. The monoisotopic (exact) mass is 203 g/mol. The molecule has 0 saturated heterocycles. The number of rotatable bonds is 3. The van der Waals surface area contributed by atoms with E-state index in [-0.39, 0.29) is 6.61 Å². The van der Waals surface area contributed by atoms with Gasteiger partial charge >= 0.3 is 0 Å². The molecule has 0 amide bonds. The number of aryl methyl sites for hydroxylation is 1. The van der Waals surface area contributed by atoms with E-state index < -0.39 is 0 Å². The van der Waals surface area contributed by atoms with Gasteiger partial charge in [-0.2, -0.15) is 5.10 Å². The Balaban J connectivity index is 2.33. The molecule has 78 valence electrons. The molecule has 2 aromatic heterocycles. The Labute approximate surface area is 88.2 Å². The summed E-state index contributed by atoms with van der Waals surface area (Å²) in [6.45, 7) is 2.17. The third kappa shape index (κ3) is 2.05. The van der Waals surface area contributed by atoms with Gasteiger partial charge in [0.1, 0.15) is 0 Å². The molecule has 2 aromatic rings. The third-order valence-corrected chi connectivity index (χ3v) is 2.29. The molecule has 0 saturated carbocycles. The fourth-order valence-electron chi connectivity index (χ4n) is 1.45. The van der Waals surface area contributed by atoms with Crippen LogP contribution in [0.25, 0.3) is 5.69 Å². The topological polar surface area (TPSA) is 50.9 Å². The van der Waals surface area contributed by atoms with Gasteiger partial charge in [-0.3, -0.25) is 4.98 Å². The van der Waals surface area contributed by atoms with E-state index in [0.29, 0.717) is 6.42 Å². The highest BCUT2D eigenvalue weighted by molar-refractivity contribution is 5.36. The molecule has 4 nitrogen and oxygen atoms in total. The first kappa shape index (κ1) is 9.86. The first-order valence-corrected chi connectivity index (χ1v) is 4.86. The summed E-state index contributed by atoms with van der Waals surface area (Å²) in [7, 11) is 0. The summed E-state index contributed by atoms with van der Waals surface area (Å²) in [4.78, 5) is 4.07. The van der Waals surface area contributed by atoms with Crippen LogP contribution in [0.3, 0.4) is 0 Å². The highest BCUT2D eigenvalue weighted by Gasteiger charge is 2.02. The van der Waals surface area contributed by atoms with Crippen molar-refractivity contribution in [3.8, 4) is 5.69 Å². The van der Waals surface area contributed by atoms with Crippen LogP contribution in [-0.2, 0) is 6.42 Å². The molecule has 15 heavy (non-hydrogen) atoms. The zero-order valence-electron chi connectivity index (χ0n) is 8.59. The van der Waals surface area contributed by atoms with Gasteiger partial charge in [0.05, 0.1) is 18.1 Å². The summed E-state index contributed by atoms with van der Waals surface area (Å²) in [6, 6.07) is 1.95. The van der Waals surface area contributed by atoms with Crippen LogP contribution in [0.5, 0.6) is 0 Å². The molecule has 4 heteroatoms. The van der Waals surface area contributed by atoms with Gasteiger partial charge in [-0.25, -0.2) is 4.68 Å². The minimum Gasteiger partial charge on any atom is -0.396 e. The maximum absolute atomic E-state index is 8.80.